The zero-order valence-corrected chi connectivity index (χ0v) is 30.2. The van der Waals surface area contributed by atoms with Gasteiger partial charge in [0.1, 0.15) is 25.4 Å². The maximum Gasteiger partial charge on any atom is 0.410 e. The number of ether oxygens (including phenoxy) is 2. The third-order valence-electron chi connectivity index (χ3n) is 8.97. The summed E-state index contributed by atoms with van der Waals surface area (Å²) in [7, 11) is 0. The first-order valence-electron chi connectivity index (χ1n) is 17.2. The van der Waals surface area contributed by atoms with Crippen molar-refractivity contribution < 1.29 is 48.4 Å². The van der Waals surface area contributed by atoms with E-state index in [2.05, 4.69) is 5.32 Å². The second kappa shape index (κ2) is 18.8. The maximum absolute atomic E-state index is 13.9. The molecule has 4 amide bonds. The number of piperazine rings is 1. The lowest BCUT2D eigenvalue weighted by atomic mass is 10.1. The minimum atomic E-state index is -1.44. The predicted molar refractivity (Wildman–Crippen MR) is 196 cm³/mol. The quantitative estimate of drug-likeness (QED) is 0.187. The van der Waals surface area contributed by atoms with Gasteiger partial charge in [0.25, 0.3) is 17.3 Å². The summed E-state index contributed by atoms with van der Waals surface area (Å²) in [4.78, 5) is 90.2. The molecule has 19 heteroatoms. The van der Waals surface area contributed by atoms with Crippen LogP contribution in [0.15, 0.2) is 78.9 Å². The molecule has 55 heavy (non-hydrogen) atoms. The van der Waals surface area contributed by atoms with Crippen molar-refractivity contribution in [2.45, 2.75) is 43.5 Å². The number of carbonyl (C=O) groups excluding carboxylic acids is 5. The summed E-state index contributed by atoms with van der Waals surface area (Å²) in [5.74, 6) is -0.965. The molecule has 0 aromatic heterocycles. The third kappa shape index (κ3) is 11.0. The molecule has 3 aromatic rings. The van der Waals surface area contributed by atoms with Crippen molar-refractivity contribution in [1.82, 2.24) is 20.0 Å². The van der Waals surface area contributed by atoms with Crippen LogP contribution >= 0.6 is 11.8 Å². The van der Waals surface area contributed by atoms with Crippen LogP contribution < -0.4 is 5.32 Å². The number of aliphatic hydroxyl groups excluding tert-OH is 1. The summed E-state index contributed by atoms with van der Waals surface area (Å²) in [6.45, 7) is 0.0956. The minimum absolute atomic E-state index is 0.0575. The number of carbonyl (C=O) groups is 5. The standard InChI is InChI=1S/C36H38N6O12S/c43-31(14-15-37-35(47)53-22-24-6-10-27(11-7-24)41(49)50)33(45)39-18-16-38(17-19-39)32(44)30-20-29(55-34(46)26-4-2-1-3-5-26)21-40(30)36(48)54-23-25-8-12-28(13-9-25)42(51)52/h1-13,29-31,43H,14-23H2,(H,37,47)/t29-,30-,31-/m0/s1. The zero-order valence-electron chi connectivity index (χ0n) is 29.4. The number of nitro benzene ring substituents is 2. The van der Waals surface area contributed by atoms with Crippen LogP contribution in [0.4, 0.5) is 21.0 Å². The molecule has 3 atom stereocenters. The highest BCUT2D eigenvalue weighted by Gasteiger charge is 2.44. The molecule has 0 saturated carbocycles. The number of amides is 4. The van der Waals surface area contributed by atoms with Crippen LogP contribution in [0.3, 0.4) is 0 Å². The number of nitrogens with zero attached hydrogens (tertiary/aromatic N) is 5. The maximum atomic E-state index is 13.9. The molecule has 0 aliphatic carbocycles. The van der Waals surface area contributed by atoms with Gasteiger partial charge in [-0.1, -0.05) is 42.1 Å². The van der Waals surface area contributed by atoms with Gasteiger partial charge in [-0.15, -0.1) is 0 Å². The summed E-state index contributed by atoms with van der Waals surface area (Å²) >= 11 is 1.03. The Morgan fingerprint density at radius 2 is 1.35 bits per heavy atom. The van der Waals surface area contributed by atoms with Crippen LogP contribution in [0.25, 0.3) is 0 Å². The van der Waals surface area contributed by atoms with E-state index in [0.29, 0.717) is 16.7 Å². The summed E-state index contributed by atoms with van der Waals surface area (Å²) < 4.78 is 10.6. The van der Waals surface area contributed by atoms with Crippen LogP contribution in [0, 0.1) is 20.2 Å². The number of non-ortho nitro benzene ring substituents is 2. The summed E-state index contributed by atoms with van der Waals surface area (Å²) in [5, 5.41) is 34.1. The van der Waals surface area contributed by atoms with E-state index in [0.717, 1.165) is 11.8 Å². The number of likely N-dealkylation sites (tertiary alicyclic amines) is 1. The topological polar surface area (TPSA) is 232 Å². The highest BCUT2D eigenvalue weighted by atomic mass is 32.2. The number of alkyl carbamates (subject to hydrolysis) is 1. The molecule has 2 N–H and O–H groups in total. The Labute approximate surface area is 318 Å². The Bertz CT molecular complexity index is 1870. The van der Waals surface area contributed by atoms with E-state index in [4.69, 9.17) is 9.47 Å². The minimum Gasteiger partial charge on any atom is -0.445 e. The second-order valence-corrected chi connectivity index (χ2v) is 13.9. The number of aliphatic hydroxyl groups is 1. The first-order valence-corrected chi connectivity index (χ1v) is 18.1. The number of benzene rings is 3. The van der Waals surface area contributed by atoms with Gasteiger partial charge in [0.2, 0.25) is 11.0 Å². The Balaban J connectivity index is 1.11. The van der Waals surface area contributed by atoms with E-state index in [1.165, 1.54) is 63.2 Å². The van der Waals surface area contributed by atoms with Crippen molar-refractivity contribution in [3.05, 3.63) is 116 Å². The van der Waals surface area contributed by atoms with Crippen molar-refractivity contribution in [3.63, 3.8) is 0 Å². The van der Waals surface area contributed by atoms with Crippen molar-refractivity contribution in [2.75, 3.05) is 39.3 Å². The fourth-order valence-corrected chi connectivity index (χ4v) is 7.06. The van der Waals surface area contributed by atoms with Gasteiger partial charge in [0.05, 0.1) is 9.85 Å². The van der Waals surface area contributed by atoms with E-state index < -0.39 is 45.3 Å². The molecular formula is C36H38N6O12S. The van der Waals surface area contributed by atoms with Gasteiger partial charge in [-0.2, -0.15) is 0 Å². The zero-order chi connectivity index (χ0) is 39.5. The Kier molecular flexibility index (Phi) is 13.7. The second-order valence-electron chi connectivity index (χ2n) is 12.7. The van der Waals surface area contributed by atoms with Gasteiger partial charge in [-0.3, -0.25) is 39.5 Å². The van der Waals surface area contributed by atoms with Gasteiger partial charge >= 0.3 is 12.2 Å². The number of hydrogen-bond acceptors (Lipinski definition) is 13. The Morgan fingerprint density at radius 1 is 0.800 bits per heavy atom. The number of thioether (sulfide) groups is 1. The van der Waals surface area contributed by atoms with Crippen molar-refractivity contribution in [1.29, 1.82) is 0 Å². The van der Waals surface area contributed by atoms with E-state index in [-0.39, 0.29) is 87.7 Å². The Morgan fingerprint density at radius 3 is 1.91 bits per heavy atom. The lowest BCUT2D eigenvalue weighted by Crippen LogP contribution is -2.56. The van der Waals surface area contributed by atoms with Crippen LogP contribution in [0.5, 0.6) is 0 Å². The van der Waals surface area contributed by atoms with Crippen molar-refractivity contribution in [3.8, 4) is 0 Å². The van der Waals surface area contributed by atoms with Crippen LogP contribution in [-0.2, 0) is 32.3 Å². The average Bonchev–Trinajstić information content (AvgIpc) is 3.62. The number of nitro groups is 2. The van der Waals surface area contributed by atoms with Gasteiger partial charge in [-0.05, 0) is 48.2 Å². The molecule has 18 nitrogen and oxygen atoms in total. The van der Waals surface area contributed by atoms with Crippen molar-refractivity contribution >= 4 is 52.3 Å². The molecule has 2 fully saturated rings. The first kappa shape index (κ1) is 40.1. The molecule has 2 saturated heterocycles. The smallest absolute Gasteiger partial charge is 0.410 e. The van der Waals surface area contributed by atoms with Crippen LogP contribution in [-0.4, -0.2) is 115 Å². The highest BCUT2D eigenvalue weighted by molar-refractivity contribution is 8.14. The predicted octanol–water partition coefficient (Wildman–Crippen LogP) is 3.50. The van der Waals surface area contributed by atoms with Gasteiger partial charge in [-0.25, -0.2) is 9.59 Å². The molecule has 2 aliphatic rings. The third-order valence-corrected chi connectivity index (χ3v) is 10.1. The van der Waals surface area contributed by atoms with E-state index in [1.54, 1.807) is 30.3 Å². The molecule has 0 unspecified atom stereocenters. The van der Waals surface area contributed by atoms with Gasteiger partial charge in [0, 0.05) is 74.3 Å². The molecule has 290 valence electrons. The van der Waals surface area contributed by atoms with Crippen LogP contribution in [0.1, 0.15) is 34.3 Å². The number of hydrogen-bond donors (Lipinski definition) is 2. The lowest BCUT2D eigenvalue weighted by Gasteiger charge is -2.37. The van der Waals surface area contributed by atoms with Crippen LogP contribution in [0.2, 0.25) is 0 Å². The lowest BCUT2D eigenvalue weighted by molar-refractivity contribution is -0.385. The van der Waals surface area contributed by atoms with Gasteiger partial charge in [0.15, 0.2) is 0 Å². The largest absolute Gasteiger partial charge is 0.445 e. The monoisotopic (exact) mass is 778 g/mol. The molecule has 0 radical (unpaired) electrons. The number of rotatable bonds is 13. The summed E-state index contributed by atoms with van der Waals surface area (Å²) in [5.41, 5.74) is 1.30. The van der Waals surface area contributed by atoms with E-state index in [9.17, 15) is 49.3 Å². The molecule has 3 aromatic carbocycles. The van der Waals surface area contributed by atoms with E-state index in [1.807, 2.05) is 0 Å². The van der Waals surface area contributed by atoms with Gasteiger partial charge < -0.3 is 29.7 Å². The molecule has 0 bridgehead atoms. The average molecular weight is 779 g/mol. The molecule has 5 rings (SSSR count). The molecule has 2 aliphatic heterocycles. The van der Waals surface area contributed by atoms with Crippen molar-refractivity contribution in [2.24, 2.45) is 0 Å². The molecule has 2 heterocycles. The van der Waals surface area contributed by atoms with E-state index >= 15 is 0 Å². The fraction of sp³-hybridized carbons (Fsp3) is 0.361. The molecular weight excluding hydrogens is 740 g/mol. The summed E-state index contributed by atoms with van der Waals surface area (Å²) in [6.07, 6.45) is -2.95. The normalized spacial score (nSPS) is 17.2. The summed E-state index contributed by atoms with van der Waals surface area (Å²) in [6, 6.07) is 18.7. The number of nitrogens with one attached hydrogen (secondary N) is 1. The highest BCUT2D eigenvalue weighted by Crippen LogP contribution is 2.32. The SMILES string of the molecule is O=C(NCC[C@H](O)C(=O)N1CCN(C(=O)[C@@H]2C[C@H](SC(=O)c3ccccc3)CN2C(=O)OCc2ccc([N+](=O)[O-])cc2)CC1)OCc1ccc([N+](=O)[O-])cc1. The molecule has 0 spiro atoms. The first-order chi connectivity index (χ1) is 26.4. The Hall–Kier alpha value is -6.08. The fourth-order valence-electron chi connectivity index (χ4n) is 5.97.